The molecule has 4 nitrogen and oxygen atoms in total. The highest BCUT2D eigenvalue weighted by Crippen LogP contribution is 2.29. The molecule has 3 rings (SSSR count). The summed E-state index contributed by atoms with van der Waals surface area (Å²) in [7, 11) is 0. The number of pyridine rings is 1. The minimum absolute atomic E-state index is 0.451. The Morgan fingerprint density at radius 2 is 2.28 bits per heavy atom. The fourth-order valence-electron chi connectivity index (χ4n) is 3.20. The lowest BCUT2D eigenvalue weighted by atomic mass is 9.99. The zero-order chi connectivity index (χ0) is 12.4. The van der Waals surface area contributed by atoms with E-state index in [2.05, 4.69) is 21.3 Å². The molecular formula is C14H18N4. The maximum absolute atomic E-state index is 9.08. The van der Waals surface area contributed by atoms with Crippen molar-refractivity contribution in [1.29, 1.82) is 5.26 Å². The van der Waals surface area contributed by atoms with Crippen molar-refractivity contribution < 1.29 is 0 Å². The summed E-state index contributed by atoms with van der Waals surface area (Å²) in [5.74, 6) is 0.748. The SMILES string of the molecule is N#Cc1cccnc1NC1CCN2CCCCC12. The standard InChI is InChI=1S/C14H18N4/c15-10-11-4-3-7-16-14(11)17-12-6-9-18-8-2-1-5-13(12)18/h3-4,7,12-13H,1-2,5-6,8-9H2,(H,16,17). The third-order valence-electron chi connectivity index (χ3n) is 4.11. The first-order valence-electron chi connectivity index (χ1n) is 6.74. The second kappa shape index (κ2) is 4.95. The topological polar surface area (TPSA) is 52.0 Å². The lowest BCUT2D eigenvalue weighted by molar-refractivity contribution is 0.192. The number of anilines is 1. The van der Waals surface area contributed by atoms with Gasteiger partial charge < -0.3 is 5.32 Å². The highest BCUT2D eigenvalue weighted by Gasteiger charge is 2.35. The first-order valence-corrected chi connectivity index (χ1v) is 6.74. The molecule has 0 aliphatic carbocycles. The van der Waals surface area contributed by atoms with Crippen molar-refractivity contribution in [2.75, 3.05) is 18.4 Å². The fourth-order valence-corrected chi connectivity index (χ4v) is 3.20. The molecule has 2 atom stereocenters. The Morgan fingerprint density at radius 1 is 1.33 bits per heavy atom. The van der Waals surface area contributed by atoms with Crippen LogP contribution in [0.4, 0.5) is 5.82 Å². The van der Waals surface area contributed by atoms with E-state index in [1.165, 1.54) is 32.4 Å². The molecule has 18 heavy (non-hydrogen) atoms. The Hall–Kier alpha value is -1.60. The lowest BCUT2D eigenvalue weighted by Gasteiger charge is -2.32. The molecule has 94 valence electrons. The Balaban J connectivity index is 1.75. The number of fused-ring (bicyclic) bond motifs is 1. The van der Waals surface area contributed by atoms with Crippen molar-refractivity contribution >= 4 is 5.82 Å². The highest BCUT2D eigenvalue weighted by molar-refractivity contribution is 5.52. The van der Waals surface area contributed by atoms with Crippen molar-refractivity contribution in [3.63, 3.8) is 0 Å². The van der Waals surface area contributed by atoms with Gasteiger partial charge in [0.15, 0.2) is 0 Å². The van der Waals surface area contributed by atoms with Crippen molar-refractivity contribution in [1.82, 2.24) is 9.88 Å². The van der Waals surface area contributed by atoms with Gasteiger partial charge in [-0.2, -0.15) is 5.26 Å². The largest absolute Gasteiger partial charge is 0.365 e. The van der Waals surface area contributed by atoms with Gasteiger partial charge in [-0.3, -0.25) is 4.90 Å². The van der Waals surface area contributed by atoms with Crippen molar-refractivity contribution in [3.05, 3.63) is 23.9 Å². The van der Waals surface area contributed by atoms with Crippen LogP contribution in [-0.4, -0.2) is 35.1 Å². The molecule has 1 aromatic rings. The minimum Gasteiger partial charge on any atom is -0.365 e. The van der Waals surface area contributed by atoms with E-state index in [0.29, 0.717) is 17.6 Å². The average molecular weight is 242 g/mol. The van der Waals surface area contributed by atoms with Crippen LogP contribution in [-0.2, 0) is 0 Å². The second-order valence-electron chi connectivity index (χ2n) is 5.15. The molecule has 3 heterocycles. The van der Waals surface area contributed by atoms with Crippen LogP contribution >= 0.6 is 0 Å². The Labute approximate surface area is 108 Å². The molecule has 4 heteroatoms. The van der Waals surface area contributed by atoms with Gasteiger partial charge in [-0.25, -0.2) is 4.98 Å². The molecule has 0 aromatic carbocycles. The first-order chi connectivity index (χ1) is 8.88. The number of nitrogens with one attached hydrogen (secondary N) is 1. The smallest absolute Gasteiger partial charge is 0.144 e. The van der Waals surface area contributed by atoms with Gasteiger partial charge >= 0.3 is 0 Å². The molecule has 2 aliphatic rings. The lowest BCUT2D eigenvalue weighted by Crippen LogP contribution is -2.41. The van der Waals surface area contributed by atoms with Crippen molar-refractivity contribution in [2.45, 2.75) is 37.8 Å². The molecule has 0 bridgehead atoms. The molecule has 0 radical (unpaired) electrons. The predicted octanol–water partition coefficient (Wildman–Crippen LogP) is 1.99. The molecule has 0 spiro atoms. The molecule has 0 amide bonds. The van der Waals surface area contributed by atoms with E-state index in [9.17, 15) is 0 Å². The Morgan fingerprint density at radius 3 is 3.17 bits per heavy atom. The number of hydrogen-bond acceptors (Lipinski definition) is 4. The molecular weight excluding hydrogens is 224 g/mol. The number of piperidine rings is 1. The third kappa shape index (κ3) is 2.06. The number of aromatic nitrogens is 1. The molecule has 2 fully saturated rings. The van der Waals surface area contributed by atoms with Gasteiger partial charge in [0.2, 0.25) is 0 Å². The van der Waals surface area contributed by atoms with E-state index in [4.69, 9.17) is 5.26 Å². The molecule has 1 N–H and O–H groups in total. The Kier molecular flexibility index (Phi) is 3.16. The van der Waals surface area contributed by atoms with E-state index in [0.717, 1.165) is 12.2 Å². The zero-order valence-electron chi connectivity index (χ0n) is 10.5. The van der Waals surface area contributed by atoms with E-state index in [1.807, 2.05) is 12.1 Å². The summed E-state index contributed by atoms with van der Waals surface area (Å²) in [5, 5.41) is 12.6. The van der Waals surface area contributed by atoms with Crippen LogP contribution in [0.3, 0.4) is 0 Å². The van der Waals surface area contributed by atoms with Crippen LogP contribution in [0, 0.1) is 11.3 Å². The summed E-state index contributed by atoms with van der Waals surface area (Å²) in [4.78, 5) is 6.88. The van der Waals surface area contributed by atoms with Gasteiger partial charge in [-0.15, -0.1) is 0 Å². The maximum atomic E-state index is 9.08. The Bertz CT molecular complexity index is 465. The molecule has 2 saturated heterocycles. The van der Waals surface area contributed by atoms with Crippen LogP contribution in [0.15, 0.2) is 18.3 Å². The summed E-state index contributed by atoms with van der Waals surface area (Å²) in [5.41, 5.74) is 0.645. The van der Waals surface area contributed by atoms with Gasteiger partial charge in [0, 0.05) is 24.8 Å². The summed E-state index contributed by atoms with van der Waals surface area (Å²) >= 11 is 0. The van der Waals surface area contributed by atoms with Gasteiger partial charge in [0.05, 0.1) is 5.56 Å². The minimum atomic E-state index is 0.451. The first kappa shape index (κ1) is 11.5. The van der Waals surface area contributed by atoms with Crippen molar-refractivity contribution in [3.8, 4) is 6.07 Å². The number of rotatable bonds is 2. The van der Waals surface area contributed by atoms with E-state index in [1.54, 1.807) is 6.20 Å². The van der Waals surface area contributed by atoms with Crippen LogP contribution < -0.4 is 5.32 Å². The quantitative estimate of drug-likeness (QED) is 0.861. The number of nitriles is 1. The molecule has 2 aliphatic heterocycles. The van der Waals surface area contributed by atoms with Gasteiger partial charge in [-0.05, 0) is 37.9 Å². The van der Waals surface area contributed by atoms with Crippen LogP contribution in [0.25, 0.3) is 0 Å². The maximum Gasteiger partial charge on any atom is 0.144 e. The number of nitrogens with zero attached hydrogens (tertiary/aromatic N) is 3. The van der Waals surface area contributed by atoms with Gasteiger partial charge in [-0.1, -0.05) is 6.42 Å². The predicted molar refractivity (Wildman–Crippen MR) is 70.2 cm³/mol. The second-order valence-corrected chi connectivity index (χ2v) is 5.15. The summed E-state index contributed by atoms with van der Waals surface area (Å²) in [6.07, 6.45) is 6.83. The number of hydrogen-bond donors (Lipinski definition) is 1. The zero-order valence-corrected chi connectivity index (χ0v) is 10.5. The van der Waals surface area contributed by atoms with Crippen LogP contribution in [0.2, 0.25) is 0 Å². The summed E-state index contributed by atoms with van der Waals surface area (Å²) < 4.78 is 0. The monoisotopic (exact) mass is 242 g/mol. The van der Waals surface area contributed by atoms with Crippen LogP contribution in [0.5, 0.6) is 0 Å². The molecule has 2 unspecified atom stereocenters. The van der Waals surface area contributed by atoms with Gasteiger partial charge in [0.25, 0.3) is 0 Å². The molecule has 1 aromatic heterocycles. The van der Waals surface area contributed by atoms with E-state index in [-0.39, 0.29) is 0 Å². The fraction of sp³-hybridized carbons (Fsp3) is 0.571. The molecule has 0 saturated carbocycles. The van der Waals surface area contributed by atoms with E-state index >= 15 is 0 Å². The van der Waals surface area contributed by atoms with E-state index < -0.39 is 0 Å². The van der Waals surface area contributed by atoms with Crippen LogP contribution in [0.1, 0.15) is 31.2 Å². The van der Waals surface area contributed by atoms with Gasteiger partial charge in [0.1, 0.15) is 11.9 Å². The average Bonchev–Trinajstić information content (AvgIpc) is 2.83. The normalized spacial score (nSPS) is 27.5. The third-order valence-corrected chi connectivity index (χ3v) is 4.11. The summed E-state index contributed by atoms with van der Waals surface area (Å²) in [6, 6.07) is 6.92. The highest BCUT2D eigenvalue weighted by atomic mass is 15.2. The van der Waals surface area contributed by atoms with Crippen molar-refractivity contribution in [2.24, 2.45) is 0 Å². The summed E-state index contributed by atoms with van der Waals surface area (Å²) in [6.45, 7) is 2.41.